The van der Waals surface area contributed by atoms with Crippen LogP contribution in [0.5, 0.6) is 11.5 Å². The molecule has 0 unspecified atom stereocenters. The first-order chi connectivity index (χ1) is 22.7. The number of nitrogens with one attached hydrogen (secondary N) is 1. The Morgan fingerprint density at radius 1 is 1.06 bits per heavy atom. The number of nitro benzene ring substituents is 1. The maximum absolute atomic E-state index is 14.1. The average Bonchev–Trinajstić information content (AvgIpc) is 3.37. The zero-order valence-corrected chi connectivity index (χ0v) is 27.6. The standard InChI is InChI=1S/C35H27BrN4O6S/c1-21-31(33(41)38-25-8-4-3-5-9-25)32(24-7-6-10-27(19-24)45-2)39-34(42)30(47-35(39)37-21)18-23-13-16-29(28(36)17-23)46-20-22-11-14-26(15-12-22)40(43)44/h3-19,32H,20H2,1-2H3,(H,38,41)/b30-18-/t32-/m0/s1. The van der Waals surface area contributed by atoms with E-state index >= 15 is 0 Å². The van der Waals surface area contributed by atoms with Gasteiger partial charge in [0.05, 0.1) is 38.4 Å². The summed E-state index contributed by atoms with van der Waals surface area (Å²) in [6.45, 7) is 2.00. The highest BCUT2D eigenvalue weighted by Crippen LogP contribution is 2.33. The monoisotopic (exact) mass is 710 g/mol. The highest BCUT2D eigenvalue weighted by molar-refractivity contribution is 9.10. The Hall–Kier alpha value is -5.33. The van der Waals surface area contributed by atoms with E-state index in [-0.39, 0.29) is 23.8 Å². The van der Waals surface area contributed by atoms with E-state index in [1.54, 1.807) is 55.0 Å². The maximum Gasteiger partial charge on any atom is 0.271 e. The van der Waals surface area contributed by atoms with Gasteiger partial charge in [-0.3, -0.25) is 24.3 Å². The summed E-state index contributed by atoms with van der Waals surface area (Å²) in [5.74, 6) is 0.820. The Kier molecular flexibility index (Phi) is 9.14. The number of halogens is 1. The van der Waals surface area contributed by atoms with Crippen LogP contribution >= 0.6 is 27.3 Å². The molecule has 6 rings (SSSR count). The van der Waals surface area contributed by atoms with Crippen molar-refractivity contribution < 1.29 is 19.2 Å². The predicted molar refractivity (Wildman–Crippen MR) is 183 cm³/mol. The number of aromatic nitrogens is 1. The second-order valence-corrected chi connectivity index (χ2v) is 12.4. The Morgan fingerprint density at radius 3 is 2.53 bits per heavy atom. The van der Waals surface area contributed by atoms with E-state index in [4.69, 9.17) is 14.5 Å². The number of thiazole rings is 1. The molecule has 236 valence electrons. The molecule has 12 heteroatoms. The fourth-order valence-corrected chi connectivity index (χ4v) is 6.77. The molecule has 4 aromatic carbocycles. The molecule has 0 radical (unpaired) electrons. The second kappa shape index (κ2) is 13.6. The van der Waals surface area contributed by atoms with Gasteiger partial charge in [0.1, 0.15) is 18.1 Å². The Morgan fingerprint density at radius 2 is 1.83 bits per heavy atom. The van der Waals surface area contributed by atoms with Crippen molar-refractivity contribution in [2.45, 2.75) is 19.6 Å². The van der Waals surface area contributed by atoms with Crippen molar-refractivity contribution in [3.8, 4) is 11.5 Å². The highest BCUT2D eigenvalue weighted by Gasteiger charge is 2.32. The lowest BCUT2D eigenvalue weighted by atomic mass is 9.95. The van der Waals surface area contributed by atoms with Crippen LogP contribution in [0, 0.1) is 10.1 Å². The number of nitro groups is 1. The summed E-state index contributed by atoms with van der Waals surface area (Å²) in [4.78, 5) is 43.5. The van der Waals surface area contributed by atoms with Gasteiger partial charge in [0, 0.05) is 17.8 Å². The van der Waals surface area contributed by atoms with Crippen LogP contribution in [0.25, 0.3) is 6.08 Å². The molecule has 1 aliphatic rings. The Bertz CT molecular complexity index is 2210. The number of amides is 1. The van der Waals surface area contributed by atoms with Crippen LogP contribution in [0.2, 0.25) is 0 Å². The minimum Gasteiger partial charge on any atom is -0.497 e. The van der Waals surface area contributed by atoms with Crippen LogP contribution in [0.3, 0.4) is 0 Å². The number of hydrogen-bond acceptors (Lipinski definition) is 8. The molecule has 1 amide bonds. The number of allylic oxidation sites excluding steroid dienone is 1. The van der Waals surface area contributed by atoms with Gasteiger partial charge in [-0.1, -0.05) is 47.7 Å². The van der Waals surface area contributed by atoms with Gasteiger partial charge >= 0.3 is 0 Å². The summed E-state index contributed by atoms with van der Waals surface area (Å²) in [5, 5.41) is 13.9. The van der Waals surface area contributed by atoms with Gasteiger partial charge < -0.3 is 14.8 Å². The van der Waals surface area contributed by atoms with Crippen LogP contribution in [0.4, 0.5) is 11.4 Å². The van der Waals surface area contributed by atoms with E-state index in [2.05, 4.69) is 21.2 Å². The molecule has 0 aliphatic carbocycles. The summed E-state index contributed by atoms with van der Waals surface area (Å²) >= 11 is 4.80. The number of methoxy groups -OCH3 is 1. The van der Waals surface area contributed by atoms with Crippen LogP contribution < -0.4 is 29.7 Å². The smallest absolute Gasteiger partial charge is 0.271 e. The number of non-ortho nitro benzene ring substituents is 1. The van der Waals surface area contributed by atoms with Gasteiger partial charge in [-0.05, 0) is 94.2 Å². The van der Waals surface area contributed by atoms with E-state index in [1.165, 1.54) is 23.5 Å². The molecule has 2 heterocycles. The zero-order chi connectivity index (χ0) is 33.1. The quantitative estimate of drug-likeness (QED) is 0.145. The lowest BCUT2D eigenvalue weighted by Gasteiger charge is -2.25. The van der Waals surface area contributed by atoms with Gasteiger partial charge in [-0.15, -0.1) is 0 Å². The maximum atomic E-state index is 14.1. The molecule has 0 bridgehead atoms. The number of carbonyl (C=O) groups is 1. The molecular formula is C35H27BrN4O6S. The molecule has 1 aromatic heterocycles. The van der Waals surface area contributed by atoms with Crippen molar-refractivity contribution in [2.24, 2.45) is 4.99 Å². The number of anilines is 1. The number of fused-ring (bicyclic) bond motifs is 1. The van der Waals surface area contributed by atoms with Gasteiger partial charge in [0.2, 0.25) is 0 Å². The number of carbonyl (C=O) groups excluding carboxylic acids is 1. The van der Waals surface area contributed by atoms with Crippen molar-refractivity contribution in [3.05, 3.63) is 159 Å². The van der Waals surface area contributed by atoms with Crippen molar-refractivity contribution in [3.63, 3.8) is 0 Å². The molecule has 47 heavy (non-hydrogen) atoms. The third kappa shape index (κ3) is 6.79. The average molecular weight is 712 g/mol. The lowest BCUT2D eigenvalue weighted by Crippen LogP contribution is -2.40. The first kappa shape index (κ1) is 31.6. The summed E-state index contributed by atoms with van der Waals surface area (Å²) < 4.78 is 14.1. The van der Waals surface area contributed by atoms with Crippen molar-refractivity contribution in [1.29, 1.82) is 0 Å². The van der Waals surface area contributed by atoms with Crippen molar-refractivity contribution >= 4 is 50.6 Å². The molecule has 0 fully saturated rings. The van der Waals surface area contributed by atoms with Crippen LogP contribution in [-0.4, -0.2) is 22.5 Å². The van der Waals surface area contributed by atoms with Crippen molar-refractivity contribution in [2.75, 3.05) is 12.4 Å². The second-order valence-electron chi connectivity index (χ2n) is 10.6. The number of ether oxygens (including phenoxy) is 2. The zero-order valence-electron chi connectivity index (χ0n) is 25.2. The number of para-hydroxylation sites is 1. The molecule has 0 spiro atoms. The lowest BCUT2D eigenvalue weighted by molar-refractivity contribution is -0.384. The van der Waals surface area contributed by atoms with E-state index < -0.39 is 11.0 Å². The van der Waals surface area contributed by atoms with Gasteiger partial charge in [0.15, 0.2) is 4.80 Å². The normalized spacial score (nSPS) is 14.3. The number of nitrogens with zero attached hydrogens (tertiary/aromatic N) is 3. The largest absolute Gasteiger partial charge is 0.497 e. The van der Waals surface area contributed by atoms with Gasteiger partial charge in [-0.25, -0.2) is 4.99 Å². The third-order valence-electron chi connectivity index (χ3n) is 7.50. The molecular weight excluding hydrogens is 684 g/mol. The van der Waals surface area contributed by atoms with Crippen LogP contribution in [0.1, 0.15) is 29.7 Å². The molecule has 0 saturated carbocycles. The Balaban J connectivity index is 1.34. The summed E-state index contributed by atoms with van der Waals surface area (Å²) in [5.41, 5.74) is 3.47. The topological polar surface area (TPSA) is 125 Å². The highest BCUT2D eigenvalue weighted by atomic mass is 79.9. The number of benzene rings is 4. The number of hydrogen-bond donors (Lipinski definition) is 1. The minimum atomic E-state index is -0.742. The first-order valence-corrected chi connectivity index (χ1v) is 16.0. The fraction of sp³-hybridized carbons (Fsp3) is 0.114. The van der Waals surface area contributed by atoms with Crippen LogP contribution in [0.15, 0.2) is 123 Å². The molecule has 10 nitrogen and oxygen atoms in total. The van der Waals surface area contributed by atoms with E-state index in [1.807, 2.05) is 54.6 Å². The SMILES string of the molecule is COc1cccc([C@H]2C(C(=O)Nc3ccccc3)=C(C)N=c3s/c(=C\c4ccc(OCc5ccc([N+](=O)[O-])cc5)c(Br)c4)c(=O)n32)c1. The van der Waals surface area contributed by atoms with E-state index in [0.29, 0.717) is 47.8 Å². The molecule has 1 atom stereocenters. The third-order valence-corrected chi connectivity index (χ3v) is 9.11. The number of rotatable bonds is 9. The fourth-order valence-electron chi connectivity index (χ4n) is 5.21. The minimum absolute atomic E-state index is 0.0150. The van der Waals surface area contributed by atoms with Gasteiger partial charge in [0.25, 0.3) is 17.2 Å². The molecule has 1 aliphatic heterocycles. The first-order valence-electron chi connectivity index (χ1n) is 14.4. The molecule has 0 saturated heterocycles. The molecule has 1 N–H and O–H groups in total. The Labute approximate surface area is 281 Å². The van der Waals surface area contributed by atoms with E-state index in [0.717, 1.165) is 11.1 Å². The van der Waals surface area contributed by atoms with Crippen molar-refractivity contribution in [1.82, 2.24) is 4.57 Å². The summed E-state index contributed by atoms with van der Waals surface area (Å²) in [6, 6.07) is 27.3. The predicted octanol–water partition coefficient (Wildman–Crippen LogP) is 6.13. The molecule has 5 aromatic rings. The summed E-state index contributed by atoms with van der Waals surface area (Å²) in [7, 11) is 1.57. The van der Waals surface area contributed by atoms with Crippen LogP contribution in [-0.2, 0) is 11.4 Å². The summed E-state index contributed by atoms with van der Waals surface area (Å²) in [6.07, 6.45) is 1.78. The van der Waals surface area contributed by atoms with E-state index in [9.17, 15) is 19.7 Å². The van der Waals surface area contributed by atoms with Gasteiger partial charge in [-0.2, -0.15) is 0 Å².